The minimum atomic E-state index is 0.881. The van der Waals surface area contributed by atoms with Crippen molar-refractivity contribution >= 4 is 92.1 Å². The van der Waals surface area contributed by atoms with Gasteiger partial charge in [0.25, 0.3) is 0 Å². The van der Waals surface area contributed by atoms with Crippen molar-refractivity contribution in [3.05, 3.63) is 188 Å². The van der Waals surface area contributed by atoms with Crippen LogP contribution in [0.1, 0.15) is 0 Å². The Kier molecular flexibility index (Phi) is 6.76. The molecule has 0 fully saturated rings. The molecular weight excluding hydrogens is 663 g/mol. The third-order valence-electron chi connectivity index (χ3n) is 10.7. The number of benzene rings is 9. The van der Waals surface area contributed by atoms with E-state index in [1.165, 1.54) is 52.8 Å². The highest BCUT2D eigenvalue weighted by atomic mass is 32.1. The van der Waals surface area contributed by atoms with Crippen LogP contribution >= 0.6 is 11.3 Å². The molecular formula is C50H31NOS. The lowest BCUT2D eigenvalue weighted by Crippen LogP contribution is -2.10. The van der Waals surface area contributed by atoms with Crippen molar-refractivity contribution in [2.75, 3.05) is 4.90 Å². The molecule has 0 aliphatic rings. The third kappa shape index (κ3) is 4.86. The highest BCUT2D eigenvalue weighted by Gasteiger charge is 2.23. The van der Waals surface area contributed by atoms with E-state index in [0.29, 0.717) is 0 Å². The van der Waals surface area contributed by atoms with E-state index in [1.807, 2.05) is 17.4 Å². The molecule has 11 rings (SSSR count). The van der Waals surface area contributed by atoms with Crippen LogP contribution in [0.2, 0.25) is 0 Å². The lowest BCUT2D eigenvalue weighted by Gasteiger charge is -2.27. The molecule has 9 aromatic carbocycles. The molecule has 3 heteroatoms. The van der Waals surface area contributed by atoms with Gasteiger partial charge in [-0.25, -0.2) is 0 Å². The van der Waals surface area contributed by atoms with Gasteiger partial charge in [-0.15, -0.1) is 11.3 Å². The zero-order valence-corrected chi connectivity index (χ0v) is 29.5. The van der Waals surface area contributed by atoms with E-state index >= 15 is 0 Å². The standard InChI is InChI=1S/C50H31NOS/c1-2-10-33(11-3-1)41-28-29-45(49-44-15-6-8-16-46(44)52-50(41)49)51(38-25-27-43-42-14-7-9-17-47(42)53-48(43)31-38)37-23-20-32(21-24-37)35-22-26-40-36(30-35)19-18-34-12-4-5-13-39(34)40/h1-31H. The second-order valence-corrected chi connectivity index (χ2v) is 14.8. The highest BCUT2D eigenvalue weighted by molar-refractivity contribution is 7.25. The molecule has 53 heavy (non-hydrogen) atoms. The summed E-state index contributed by atoms with van der Waals surface area (Å²) in [5, 5.41) is 9.86. The van der Waals surface area contributed by atoms with Gasteiger partial charge in [-0.3, -0.25) is 0 Å². The number of furan rings is 1. The molecule has 0 spiro atoms. The van der Waals surface area contributed by atoms with Crippen LogP contribution in [-0.4, -0.2) is 0 Å². The van der Waals surface area contributed by atoms with E-state index in [-0.39, 0.29) is 0 Å². The molecule has 2 nitrogen and oxygen atoms in total. The fraction of sp³-hybridized carbons (Fsp3) is 0. The van der Waals surface area contributed by atoms with Gasteiger partial charge >= 0.3 is 0 Å². The zero-order valence-electron chi connectivity index (χ0n) is 28.7. The summed E-state index contributed by atoms with van der Waals surface area (Å²) < 4.78 is 9.29. The Hall–Kier alpha value is -6.68. The van der Waals surface area contributed by atoms with E-state index in [4.69, 9.17) is 4.42 Å². The van der Waals surface area contributed by atoms with E-state index in [9.17, 15) is 0 Å². The zero-order chi connectivity index (χ0) is 34.9. The molecule has 0 aliphatic carbocycles. The molecule has 0 aliphatic heterocycles. The predicted molar refractivity (Wildman–Crippen MR) is 227 cm³/mol. The maximum Gasteiger partial charge on any atom is 0.145 e. The van der Waals surface area contributed by atoms with Crippen molar-refractivity contribution in [2.24, 2.45) is 0 Å². The van der Waals surface area contributed by atoms with E-state index in [1.54, 1.807) is 0 Å². The molecule has 0 atom stereocenters. The topological polar surface area (TPSA) is 16.4 Å². The molecule has 0 saturated heterocycles. The number of anilines is 3. The summed E-state index contributed by atoms with van der Waals surface area (Å²) in [5.41, 5.74) is 9.64. The van der Waals surface area contributed by atoms with Crippen LogP contribution in [0, 0.1) is 0 Å². The second-order valence-electron chi connectivity index (χ2n) is 13.7. The van der Waals surface area contributed by atoms with Crippen LogP contribution in [0.4, 0.5) is 17.1 Å². The van der Waals surface area contributed by atoms with Crippen molar-refractivity contribution in [3.8, 4) is 22.3 Å². The number of fused-ring (bicyclic) bond motifs is 9. The van der Waals surface area contributed by atoms with Gasteiger partial charge in [0.1, 0.15) is 11.2 Å². The molecule has 0 bridgehead atoms. The number of nitrogens with zero attached hydrogens (tertiary/aromatic N) is 1. The van der Waals surface area contributed by atoms with Crippen molar-refractivity contribution in [2.45, 2.75) is 0 Å². The van der Waals surface area contributed by atoms with Gasteiger partial charge in [0.15, 0.2) is 0 Å². The van der Waals surface area contributed by atoms with Gasteiger partial charge in [0.2, 0.25) is 0 Å². The van der Waals surface area contributed by atoms with Crippen LogP contribution in [-0.2, 0) is 0 Å². The Morgan fingerprint density at radius 1 is 0.396 bits per heavy atom. The Labute approximate surface area is 310 Å². The fourth-order valence-corrected chi connectivity index (χ4v) is 9.26. The first-order valence-electron chi connectivity index (χ1n) is 18.0. The normalized spacial score (nSPS) is 11.8. The molecule has 11 aromatic rings. The number of rotatable bonds is 5. The summed E-state index contributed by atoms with van der Waals surface area (Å²) in [6.45, 7) is 0. The Bertz CT molecular complexity index is 3170. The van der Waals surface area contributed by atoms with E-state index in [0.717, 1.165) is 50.1 Å². The maximum absolute atomic E-state index is 6.72. The van der Waals surface area contributed by atoms with Crippen molar-refractivity contribution in [1.29, 1.82) is 0 Å². The number of hydrogen-bond acceptors (Lipinski definition) is 3. The molecule has 0 radical (unpaired) electrons. The minimum Gasteiger partial charge on any atom is -0.455 e. The van der Waals surface area contributed by atoms with Crippen molar-refractivity contribution < 1.29 is 4.42 Å². The minimum absolute atomic E-state index is 0.881. The van der Waals surface area contributed by atoms with Gasteiger partial charge in [-0.05, 0) is 92.8 Å². The fourth-order valence-electron chi connectivity index (χ4n) is 8.12. The summed E-state index contributed by atoms with van der Waals surface area (Å²) in [7, 11) is 0. The number of thiophene rings is 1. The lowest BCUT2D eigenvalue weighted by atomic mass is 9.97. The first-order chi connectivity index (χ1) is 26.3. The number of para-hydroxylation sites is 1. The van der Waals surface area contributed by atoms with Crippen LogP contribution in [0.15, 0.2) is 192 Å². The van der Waals surface area contributed by atoms with Gasteiger partial charge < -0.3 is 9.32 Å². The second kappa shape index (κ2) is 11.9. The summed E-state index contributed by atoms with van der Waals surface area (Å²) in [4.78, 5) is 2.40. The van der Waals surface area contributed by atoms with Gasteiger partial charge in [-0.2, -0.15) is 0 Å². The van der Waals surface area contributed by atoms with Gasteiger partial charge in [0, 0.05) is 42.5 Å². The molecule has 0 saturated carbocycles. The highest BCUT2D eigenvalue weighted by Crippen LogP contribution is 2.47. The van der Waals surface area contributed by atoms with E-state index < -0.39 is 0 Å². The molecule has 0 amide bonds. The van der Waals surface area contributed by atoms with Crippen LogP contribution < -0.4 is 4.90 Å². The summed E-state index contributed by atoms with van der Waals surface area (Å²) in [5.74, 6) is 0. The Balaban J connectivity index is 1.11. The molecule has 0 N–H and O–H groups in total. The van der Waals surface area contributed by atoms with Crippen LogP contribution in [0.25, 0.3) is 85.9 Å². The molecule has 2 aromatic heterocycles. The quantitative estimate of drug-likeness (QED) is 0.167. The van der Waals surface area contributed by atoms with Crippen molar-refractivity contribution in [3.63, 3.8) is 0 Å². The Morgan fingerprint density at radius 3 is 1.94 bits per heavy atom. The maximum atomic E-state index is 6.72. The smallest absolute Gasteiger partial charge is 0.145 e. The summed E-state index contributed by atoms with van der Waals surface area (Å²) >= 11 is 1.85. The third-order valence-corrected chi connectivity index (χ3v) is 11.8. The first-order valence-corrected chi connectivity index (χ1v) is 18.8. The first kappa shape index (κ1) is 30.0. The SMILES string of the molecule is c1ccc(-c2ccc(N(c3ccc(-c4ccc5c(ccc6ccccc65)c4)cc3)c3ccc4c(c3)sc3ccccc34)c3c2oc2ccccc23)cc1. The lowest BCUT2D eigenvalue weighted by molar-refractivity contribution is 0.670. The monoisotopic (exact) mass is 693 g/mol. The average molecular weight is 694 g/mol. The van der Waals surface area contributed by atoms with Crippen LogP contribution in [0.5, 0.6) is 0 Å². The van der Waals surface area contributed by atoms with Crippen LogP contribution in [0.3, 0.4) is 0 Å². The predicted octanol–water partition coefficient (Wildman–Crippen LogP) is 15.1. The Morgan fingerprint density at radius 2 is 1.06 bits per heavy atom. The van der Waals surface area contributed by atoms with Gasteiger partial charge in [0.05, 0.1) is 11.1 Å². The average Bonchev–Trinajstić information content (AvgIpc) is 3.80. The summed E-state index contributed by atoms with van der Waals surface area (Å²) in [6, 6.07) is 68.0. The summed E-state index contributed by atoms with van der Waals surface area (Å²) in [6.07, 6.45) is 0. The molecule has 248 valence electrons. The van der Waals surface area contributed by atoms with Gasteiger partial charge in [-0.1, -0.05) is 133 Å². The molecule has 2 heterocycles. The van der Waals surface area contributed by atoms with Crippen molar-refractivity contribution in [1.82, 2.24) is 0 Å². The largest absolute Gasteiger partial charge is 0.455 e. The molecule has 0 unspecified atom stereocenters. The number of hydrogen-bond donors (Lipinski definition) is 0. The van der Waals surface area contributed by atoms with E-state index in [2.05, 4.69) is 187 Å².